The van der Waals surface area contributed by atoms with Crippen molar-refractivity contribution < 1.29 is 4.79 Å². The van der Waals surface area contributed by atoms with E-state index in [4.69, 9.17) is 0 Å². The molecule has 19 heavy (non-hydrogen) atoms. The Morgan fingerprint density at radius 3 is 2.84 bits per heavy atom. The number of hydrogen-bond donors (Lipinski definition) is 2. The average Bonchev–Trinajstić information content (AvgIpc) is 2.89. The molecule has 3 nitrogen and oxygen atoms in total. The Kier molecular flexibility index (Phi) is 3.83. The van der Waals surface area contributed by atoms with E-state index in [0.717, 1.165) is 38.9 Å². The first kappa shape index (κ1) is 12.7. The number of hydrogen-bond acceptors (Lipinski definition) is 2. The molecule has 1 atom stereocenters. The molecule has 0 saturated carbocycles. The first-order valence-corrected chi connectivity index (χ1v) is 7.41. The maximum Gasteiger partial charge on any atom is 0.223 e. The molecule has 3 rings (SSSR count). The predicted molar refractivity (Wildman–Crippen MR) is 76.1 cm³/mol. The van der Waals surface area contributed by atoms with Crippen LogP contribution in [0.15, 0.2) is 24.3 Å². The summed E-state index contributed by atoms with van der Waals surface area (Å²) < 4.78 is 0. The van der Waals surface area contributed by atoms with Crippen molar-refractivity contribution in [2.24, 2.45) is 5.92 Å². The van der Waals surface area contributed by atoms with Gasteiger partial charge in [-0.05, 0) is 49.9 Å². The van der Waals surface area contributed by atoms with E-state index in [0.29, 0.717) is 5.92 Å². The molecule has 1 aromatic carbocycles. The molecule has 1 aliphatic heterocycles. The second-order valence-electron chi connectivity index (χ2n) is 5.70. The van der Waals surface area contributed by atoms with Crippen LogP contribution in [0.5, 0.6) is 0 Å². The largest absolute Gasteiger partial charge is 0.355 e. The highest BCUT2D eigenvalue weighted by molar-refractivity contribution is 5.78. The predicted octanol–water partition coefficient (Wildman–Crippen LogP) is 1.83. The van der Waals surface area contributed by atoms with E-state index in [1.807, 2.05) is 0 Å². The minimum Gasteiger partial charge on any atom is -0.355 e. The fourth-order valence-electron chi connectivity index (χ4n) is 3.31. The number of piperidine rings is 1. The molecule has 0 bridgehead atoms. The van der Waals surface area contributed by atoms with Crippen LogP contribution in [0, 0.1) is 5.92 Å². The summed E-state index contributed by atoms with van der Waals surface area (Å²) in [5, 5.41) is 6.47. The lowest BCUT2D eigenvalue weighted by atomic mass is 9.96. The third-order valence-corrected chi connectivity index (χ3v) is 4.49. The lowest BCUT2D eigenvalue weighted by Gasteiger charge is -2.22. The van der Waals surface area contributed by atoms with E-state index in [1.54, 1.807) is 0 Å². The molecule has 1 aromatic rings. The van der Waals surface area contributed by atoms with E-state index in [9.17, 15) is 4.79 Å². The normalized spacial score (nSPS) is 23.1. The smallest absolute Gasteiger partial charge is 0.223 e. The van der Waals surface area contributed by atoms with Gasteiger partial charge >= 0.3 is 0 Å². The first-order valence-electron chi connectivity index (χ1n) is 7.41. The molecule has 0 radical (unpaired) electrons. The van der Waals surface area contributed by atoms with Gasteiger partial charge in [0.1, 0.15) is 0 Å². The van der Waals surface area contributed by atoms with Gasteiger partial charge in [0.2, 0.25) is 5.91 Å². The number of nitrogens with one attached hydrogen (secondary N) is 2. The molecule has 1 amide bonds. The van der Waals surface area contributed by atoms with Gasteiger partial charge in [0.05, 0.1) is 0 Å². The number of amides is 1. The molecule has 1 saturated heterocycles. The molecule has 102 valence electrons. The van der Waals surface area contributed by atoms with E-state index in [2.05, 4.69) is 34.9 Å². The topological polar surface area (TPSA) is 41.1 Å². The summed E-state index contributed by atoms with van der Waals surface area (Å²) in [6.07, 6.45) is 4.29. The summed E-state index contributed by atoms with van der Waals surface area (Å²) in [4.78, 5) is 12.1. The molecule has 1 fully saturated rings. The Balaban J connectivity index is 1.54. The standard InChI is InChI=1S/C16H22N2O/c19-16(13-7-9-17-10-8-13)18-11-14-6-5-12-3-1-2-4-15(12)14/h1-4,13-14,17H,5-11H2,(H,18,19). The fourth-order valence-corrected chi connectivity index (χ4v) is 3.31. The molecular formula is C16H22N2O. The van der Waals surface area contributed by atoms with Crippen molar-refractivity contribution >= 4 is 5.91 Å². The van der Waals surface area contributed by atoms with Gasteiger partial charge in [-0.1, -0.05) is 24.3 Å². The summed E-state index contributed by atoms with van der Waals surface area (Å²) >= 11 is 0. The van der Waals surface area contributed by atoms with E-state index in [1.165, 1.54) is 17.5 Å². The third-order valence-electron chi connectivity index (χ3n) is 4.49. The first-order chi connectivity index (χ1) is 9.34. The van der Waals surface area contributed by atoms with Crippen LogP contribution < -0.4 is 10.6 Å². The number of carbonyl (C=O) groups is 1. The number of fused-ring (bicyclic) bond motifs is 1. The van der Waals surface area contributed by atoms with Crippen LogP contribution in [0.2, 0.25) is 0 Å². The lowest BCUT2D eigenvalue weighted by molar-refractivity contribution is -0.125. The molecule has 3 heteroatoms. The van der Waals surface area contributed by atoms with Gasteiger partial charge in [0.25, 0.3) is 0 Å². The molecule has 2 aliphatic rings. The highest BCUT2D eigenvalue weighted by atomic mass is 16.1. The minimum atomic E-state index is 0.220. The maximum absolute atomic E-state index is 12.1. The molecule has 1 aliphatic carbocycles. The molecule has 1 unspecified atom stereocenters. The van der Waals surface area contributed by atoms with Gasteiger partial charge in [0, 0.05) is 18.4 Å². The van der Waals surface area contributed by atoms with Crippen molar-refractivity contribution in [2.45, 2.75) is 31.6 Å². The Morgan fingerprint density at radius 2 is 2.00 bits per heavy atom. The van der Waals surface area contributed by atoms with Crippen molar-refractivity contribution in [1.29, 1.82) is 0 Å². The summed E-state index contributed by atoms with van der Waals surface area (Å²) in [5.41, 5.74) is 2.90. The van der Waals surface area contributed by atoms with Crippen LogP contribution in [0.4, 0.5) is 0 Å². The Hall–Kier alpha value is -1.35. The third kappa shape index (κ3) is 2.81. The summed E-state index contributed by atoms with van der Waals surface area (Å²) in [6, 6.07) is 8.63. The number of aryl methyl sites for hydroxylation is 1. The van der Waals surface area contributed by atoms with E-state index in [-0.39, 0.29) is 11.8 Å². The van der Waals surface area contributed by atoms with Crippen LogP contribution in [0.1, 0.15) is 36.3 Å². The Bertz CT molecular complexity index is 452. The summed E-state index contributed by atoms with van der Waals surface area (Å²) in [7, 11) is 0. The van der Waals surface area contributed by atoms with E-state index >= 15 is 0 Å². The zero-order chi connectivity index (χ0) is 13.1. The zero-order valence-corrected chi connectivity index (χ0v) is 11.3. The highest BCUT2D eigenvalue weighted by Gasteiger charge is 2.25. The van der Waals surface area contributed by atoms with Gasteiger partial charge in [-0.3, -0.25) is 4.79 Å². The quantitative estimate of drug-likeness (QED) is 0.868. The van der Waals surface area contributed by atoms with Crippen molar-refractivity contribution in [3.8, 4) is 0 Å². The van der Waals surface area contributed by atoms with Crippen LogP contribution >= 0.6 is 0 Å². The molecule has 0 aromatic heterocycles. The monoisotopic (exact) mass is 258 g/mol. The Labute approximate surface area is 114 Å². The highest BCUT2D eigenvalue weighted by Crippen LogP contribution is 2.32. The lowest BCUT2D eigenvalue weighted by Crippen LogP contribution is -2.39. The average molecular weight is 258 g/mol. The van der Waals surface area contributed by atoms with Gasteiger partial charge < -0.3 is 10.6 Å². The second-order valence-corrected chi connectivity index (χ2v) is 5.70. The van der Waals surface area contributed by atoms with Gasteiger partial charge in [-0.15, -0.1) is 0 Å². The van der Waals surface area contributed by atoms with Crippen molar-refractivity contribution in [3.63, 3.8) is 0 Å². The van der Waals surface area contributed by atoms with Crippen molar-refractivity contribution in [3.05, 3.63) is 35.4 Å². The molecule has 2 N–H and O–H groups in total. The Morgan fingerprint density at radius 1 is 1.21 bits per heavy atom. The molecule has 0 spiro atoms. The van der Waals surface area contributed by atoms with Crippen LogP contribution in [0.25, 0.3) is 0 Å². The minimum absolute atomic E-state index is 0.220. The van der Waals surface area contributed by atoms with Crippen LogP contribution in [-0.4, -0.2) is 25.5 Å². The molecular weight excluding hydrogens is 236 g/mol. The van der Waals surface area contributed by atoms with Crippen LogP contribution in [0.3, 0.4) is 0 Å². The van der Waals surface area contributed by atoms with Gasteiger partial charge in [-0.2, -0.15) is 0 Å². The van der Waals surface area contributed by atoms with Gasteiger partial charge in [-0.25, -0.2) is 0 Å². The fraction of sp³-hybridized carbons (Fsp3) is 0.562. The van der Waals surface area contributed by atoms with Crippen molar-refractivity contribution in [1.82, 2.24) is 10.6 Å². The number of rotatable bonds is 3. The maximum atomic E-state index is 12.1. The van der Waals surface area contributed by atoms with Crippen LogP contribution in [-0.2, 0) is 11.2 Å². The number of carbonyl (C=O) groups excluding carboxylic acids is 1. The van der Waals surface area contributed by atoms with Gasteiger partial charge in [0.15, 0.2) is 0 Å². The number of benzene rings is 1. The van der Waals surface area contributed by atoms with Crippen molar-refractivity contribution in [2.75, 3.05) is 19.6 Å². The molecule has 1 heterocycles. The summed E-state index contributed by atoms with van der Waals surface area (Å²) in [5.74, 6) is 0.991. The second kappa shape index (κ2) is 5.74. The summed E-state index contributed by atoms with van der Waals surface area (Å²) in [6.45, 7) is 2.76. The van der Waals surface area contributed by atoms with E-state index < -0.39 is 0 Å². The zero-order valence-electron chi connectivity index (χ0n) is 11.3. The SMILES string of the molecule is O=C(NCC1CCc2ccccc21)C1CCNCC1.